The first-order valence-electron chi connectivity index (χ1n) is 11.0. The minimum Gasteiger partial charge on any atom is -0.334 e. The molecule has 156 valence electrons. The van der Waals surface area contributed by atoms with E-state index in [4.69, 9.17) is 0 Å². The van der Waals surface area contributed by atoms with Gasteiger partial charge in [-0.1, -0.05) is 37.1 Å². The number of hydrogen-bond donors (Lipinski definition) is 2. The van der Waals surface area contributed by atoms with Crippen molar-refractivity contribution in [2.45, 2.75) is 71.1 Å². The number of nitrogens with zero attached hydrogens (tertiary/aromatic N) is 4. The number of benzene rings is 1. The molecule has 7 heteroatoms. The minimum absolute atomic E-state index is 0.163. The summed E-state index contributed by atoms with van der Waals surface area (Å²) >= 11 is 0. The molecule has 2 N–H and O–H groups in total. The zero-order valence-electron chi connectivity index (χ0n) is 17.2. The van der Waals surface area contributed by atoms with E-state index >= 15 is 0 Å². The predicted molar refractivity (Wildman–Crippen MR) is 112 cm³/mol. The van der Waals surface area contributed by atoms with Crippen LogP contribution in [0.15, 0.2) is 24.3 Å². The Morgan fingerprint density at radius 3 is 2.45 bits per heavy atom. The number of hydrogen-bond acceptors (Lipinski definition) is 4. The lowest BCUT2D eigenvalue weighted by molar-refractivity contribution is 0.220. The van der Waals surface area contributed by atoms with Crippen molar-refractivity contribution in [1.82, 2.24) is 30.3 Å². The highest BCUT2D eigenvalue weighted by Gasteiger charge is 2.16. The maximum atomic E-state index is 12.4. The summed E-state index contributed by atoms with van der Waals surface area (Å²) in [5.41, 5.74) is 2.49. The Hall–Kier alpha value is -2.41. The standard InChI is InChI=1S/C22H32N6O/c29-22(24-16-21-26-25-20-11-3-1-8-14-28(20)21)23-15-18-9-4-5-10-19(18)17-27-12-6-2-7-13-27/h4-5,9-10H,1-3,6-8,11-17H2,(H2,23,24,29). The monoisotopic (exact) mass is 396 g/mol. The number of rotatable bonds is 6. The van der Waals surface area contributed by atoms with Crippen molar-refractivity contribution in [1.29, 1.82) is 0 Å². The van der Waals surface area contributed by atoms with E-state index in [2.05, 4.69) is 48.5 Å². The second kappa shape index (κ2) is 9.87. The van der Waals surface area contributed by atoms with Crippen LogP contribution in [0.3, 0.4) is 0 Å². The number of urea groups is 1. The molecule has 0 atom stereocenters. The number of piperidine rings is 1. The number of carbonyl (C=O) groups is 1. The number of nitrogens with one attached hydrogen (secondary N) is 2. The maximum Gasteiger partial charge on any atom is 0.315 e. The molecule has 0 bridgehead atoms. The van der Waals surface area contributed by atoms with Crippen molar-refractivity contribution >= 4 is 6.03 Å². The van der Waals surface area contributed by atoms with Crippen LogP contribution in [-0.2, 0) is 32.6 Å². The van der Waals surface area contributed by atoms with Crippen molar-refractivity contribution in [2.75, 3.05) is 13.1 Å². The van der Waals surface area contributed by atoms with E-state index in [1.807, 2.05) is 6.07 Å². The van der Waals surface area contributed by atoms with Gasteiger partial charge in [-0.2, -0.15) is 0 Å². The Morgan fingerprint density at radius 2 is 1.59 bits per heavy atom. The fourth-order valence-electron chi connectivity index (χ4n) is 4.32. The summed E-state index contributed by atoms with van der Waals surface area (Å²) in [6, 6.07) is 8.25. The third-order valence-corrected chi connectivity index (χ3v) is 5.99. The van der Waals surface area contributed by atoms with Gasteiger partial charge in [0.1, 0.15) is 5.82 Å². The highest BCUT2D eigenvalue weighted by atomic mass is 16.2. The summed E-state index contributed by atoms with van der Waals surface area (Å²) in [5, 5.41) is 14.5. The molecule has 0 aliphatic carbocycles. The van der Waals surface area contributed by atoms with Crippen LogP contribution < -0.4 is 10.6 Å². The third kappa shape index (κ3) is 5.35. The summed E-state index contributed by atoms with van der Waals surface area (Å²) < 4.78 is 2.17. The van der Waals surface area contributed by atoms with E-state index in [0.29, 0.717) is 13.1 Å². The molecule has 2 amide bonds. The summed E-state index contributed by atoms with van der Waals surface area (Å²) in [4.78, 5) is 14.9. The highest BCUT2D eigenvalue weighted by molar-refractivity contribution is 5.73. The molecule has 1 fully saturated rings. The van der Waals surface area contributed by atoms with E-state index in [0.717, 1.165) is 37.6 Å². The Morgan fingerprint density at radius 1 is 0.862 bits per heavy atom. The SMILES string of the molecule is O=C(NCc1ccccc1CN1CCCCC1)NCc1nnc2n1CCCCC2. The smallest absolute Gasteiger partial charge is 0.315 e. The summed E-state index contributed by atoms with van der Waals surface area (Å²) in [6.45, 7) is 5.20. The van der Waals surface area contributed by atoms with E-state index in [9.17, 15) is 4.79 Å². The molecule has 3 heterocycles. The molecule has 2 aliphatic rings. The molecule has 2 aliphatic heterocycles. The Kier molecular flexibility index (Phi) is 6.77. The van der Waals surface area contributed by atoms with Gasteiger partial charge in [-0.05, 0) is 49.9 Å². The quantitative estimate of drug-likeness (QED) is 0.787. The van der Waals surface area contributed by atoms with Gasteiger partial charge in [0.25, 0.3) is 0 Å². The second-order valence-electron chi connectivity index (χ2n) is 8.14. The summed E-state index contributed by atoms with van der Waals surface area (Å²) in [5.74, 6) is 1.90. The van der Waals surface area contributed by atoms with Gasteiger partial charge in [-0.3, -0.25) is 4.90 Å². The fraction of sp³-hybridized carbons (Fsp3) is 0.591. The molecule has 0 saturated carbocycles. The van der Waals surface area contributed by atoms with Crippen molar-refractivity contribution in [3.8, 4) is 0 Å². The Bertz CT molecular complexity index is 811. The number of amides is 2. The molecule has 1 saturated heterocycles. The first-order valence-corrected chi connectivity index (χ1v) is 11.0. The largest absolute Gasteiger partial charge is 0.334 e. The lowest BCUT2D eigenvalue weighted by atomic mass is 10.0. The van der Waals surface area contributed by atoms with E-state index in [-0.39, 0.29) is 6.03 Å². The van der Waals surface area contributed by atoms with Gasteiger partial charge in [0.15, 0.2) is 5.82 Å². The predicted octanol–water partition coefficient (Wildman–Crippen LogP) is 2.99. The minimum atomic E-state index is -0.163. The molecule has 7 nitrogen and oxygen atoms in total. The Balaban J connectivity index is 1.28. The van der Waals surface area contributed by atoms with Crippen molar-refractivity contribution in [3.05, 3.63) is 47.0 Å². The molecule has 4 rings (SSSR count). The summed E-state index contributed by atoms with van der Waals surface area (Å²) in [6.07, 6.45) is 8.45. The zero-order chi connectivity index (χ0) is 19.9. The molecule has 2 aromatic rings. The van der Waals surface area contributed by atoms with Crippen molar-refractivity contribution in [2.24, 2.45) is 0 Å². The van der Waals surface area contributed by atoms with Crippen LogP contribution in [0, 0.1) is 0 Å². The highest BCUT2D eigenvalue weighted by Crippen LogP contribution is 2.16. The number of aryl methyl sites for hydroxylation is 1. The number of aromatic nitrogens is 3. The molecule has 1 aromatic heterocycles. The van der Waals surface area contributed by atoms with Crippen LogP contribution in [0.5, 0.6) is 0 Å². The molecule has 29 heavy (non-hydrogen) atoms. The first-order chi connectivity index (χ1) is 14.3. The molecule has 0 unspecified atom stereocenters. The van der Waals surface area contributed by atoms with Crippen LogP contribution >= 0.6 is 0 Å². The maximum absolute atomic E-state index is 12.4. The van der Waals surface area contributed by atoms with Crippen LogP contribution in [0.2, 0.25) is 0 Å². The van der Waals surface area contributed by atoms with Crippen molar-refractivity contribution in [3.63, 3.8) is 0 Å². The topological polar surface area (TPSA) is 75.1 Å². The van der Waals surface area contributed by atoms with Gasteiger partial charge in [0.05, 0.1) is 6.54 Å². The van der Waals surface area contributed by atoms with Crippen LogP contribution in [0.1, 0.15) is 61.3 Å². The van der Waals surface area contributed by atoms with E-state index in [1.165, 1.54) is 56.3 Å². The summed E-state index contributed by atoms with van der Waals surface area (Å²) in [7, 11) is 0. The second-order valence-corrected chi connectivity index (χ2v) is 8.14. The van der Waals surface area contributed by atoms with Gasteiger partial charge in [0, 0.05) is 26.1 Å². The number of fused-ring (bicyclic) bond motifs is 1. The fourth-order valence-corrected chi connectivity index (χ4v) is 4.32. The van der Waals surface area contributed by atoms with Crippen LogP contribution in [0.4, 0.5) is 4.79 Å². The van der Waals surface area contributed by atoms with Gasteiger partial charge >= 0.3 is 6.03 Å². The van der Waals surface area contributed by atoms with Gasteiger partial charge in [0.2, 0.25) is 0 Å². The lowest BCUT2D eigenvalue weighted by Crippen LogP contribution is -2.36. The van der Waals surface area contributed by atoms with Crippen molar-refractivity contribution < 1.29 is 4.79 Å². The normalized spacial score (nSPS) is 17.4. The molecular formula is C22H32N6O. The molecule has 1 aromatic carbocycles. The number of likely N-dealkylation sites (tertiary alicyclic amines) is 1. The molecule has 0 radical (unpaired) electrons. The number of carbonyl (C=O) groups excluding carboxylic acids is 1. The molecular weight excluding hydrogens is 364 g/mol. The third-order valence-electron chi connectivity index (χ3n) is 5.99. The van der Waals surface area contributed by atoms with Gasteiger partial charge in [-0.25, -0.2) is 4.79 Å². The average Bonchev–Trinajstić information content (AvgIpc) is 2.98. The Labute approximate surface area is 172 Å². The van der Waals surface area contributed by atoms with E-state index in [1.54, 1.807) is 0 Å². The average molecular weight is 397 g/mol. The van der Waals surface area contributed by atoms with E-state index < -0.39 is 0 Å². The first kappa shape index (κ1) is 19.9. The lowest BCUT2D eigenvalue weighted by Gasteiger charge is -2.27. The van der Waals surface area contributed by atoms with Crippen LogP contribution in [-0.4, -0.2) is 38.8 Å². The zero-order valence-corrected chi connectivity index (χ0v) is 17.2. The van der Waals surface area contributed by atoms with Gasteiger partial charge in [-0.15, -0.1) is 10.2 Å². The van der Waals surface area contributed by atoms with Gasteiger partial charge < -0.3 is 15.2 Å². The molecule has 0 spiro atoms. The van der Waals surface area contributed by atoms with Crippen LogP contribution in [0.25, 0.3) is 0 Å².